The fraction of sp³-hybridized carbons (Fsp3) is 0.0714. The van der Waals surface area contributed by atoms with Crippen molar-refractivity contribution in [1.29, 1.82) is 0 Å². The van der Waals surface area contributed by atoms with Crippen molar-refractivity contribution in [3.63, 3.8) is 0 Å². The van der Waals surface area contributed by atoms with E-state index in [9.17, 15) is 9.90 Å². The molecule has 2 rings (SSSR count). The number of carbonyl (C=O) groups is 1. The van der Waals surface area contributed by atoms with Gasteiger partial charge in [0.15, 0.2) is 0 Å². The number of ether oxygens (including phenoxy) is 1. The van der Waals surface area contributed by atoms with Crippen molar-refractivity contribution in [2.45, 2.75) is 0 Å². The Bertz CT molecular complexity index is 659. The number of halogens is 2. The van der Waals surface area contributed by atoms with Gasteiger partial charge in [-0.1, -0.05) is 23.2 Å². The summed E-state index contributed by atoms with van der Waals surface area (Å²) >= 11 is 11.7. The summed E-state index contributed by atoms with van der Waals surface area (Å²) in [7, 11) is 1.51. The van der Waals surface area contributed by atoms with Gasteiger partial charge in [-0.15, -0.1) is 0 Å². The molecule has 6 heteroatoms. The average molecular weight is 312 g/mol. The van der Waals surface area contributed by atoms with Gasteiger partial charge in [0, 0.05) is 11.1 Å². The number of hydrogen-bond donors (Lipinski definition) is 2. The van der Waals surface area contributed by atoms with Crippen LogP contribution in [0.1, 0.15) is 10.4 Å². The summed E-state index contributed by atoms with van der Waals surface area (Å²) in [6.45, 7) is 0. The number of rotatable bonds is 3. The number of phenolic OH excluding ortho intramolecular Hbond substituents is 1. The molecule has 104 valence electrons. The lowest BCUT2D eigenvalue weighted by Crippen LogP contribution is -2.12. The number of hydrogen-bond acceptors (Lipinski definition) is 3. The molecule has 2 aromatic rings. The third-order valence-corrected chi connectivity index (χ3v) is 3.19. The van der Waals surface area contributed by atoms with Gasteiger partial charge in [-0.25, -0.2) is 0 Å². The summed E-state index contributed by atoms with van der Waals surface area (Å²) in [6, 6.07) is 9.12. The summed E-state index contributed by atoms with van der Waals surface area (Å²) in [4.78, 5) is 12.1. The van der Waals surface area contributed by atoms with Crippen LogP contribution in [-0.2, 0) is 0 Å². The van der Waals surface area contributed by atoms with Crippen molar-refractivity contribution in [3.05, 3.63) is 52.0 Å². The van der Waals surface area contributed by atoms with Crippen LogP contribution in [0.15, 0.2) is 36.4 Å². The Morgan fingerprint density at radius 2 is 1.95 bits per heavy atom. The molecule has 0 unspecified atom stereocenters. The predicted octanol–water partition coefficient (Wildman–Crippen LogP) is 3.96. The van der Waals surface area contributed by atoms with Crippen LogP contribution < -0.4 is 10.1 Å². The largest absolute Gasteiger partial charge is 0.507 e. The summed E-state index contributed by atoms with van der Waals surface area (Å²) < 4.78 is 5.06. The first kappa shape index (κ1) is 14.5. The summed E-state index contributed by atoms with van der Waals surface area (Å²) in [5.41, 5.74) is 0.499. The van der Waals surface area contributed by atoms with Crippen LogP contribution in [0.4, 0.5) is 5.69 Å². The van der Waals surface area contributed by atoms with Crippen LogP contribution in [0.3, 0.4) is 0 Å². The van der Waals surface area contributed by atoms with Gasteiger partial charge in [-0.2, -0.15) is 0 Å². The van der Waals surface area contributed by atoms with Crippen molar-refractivity contribution >= 4 is 34.8 Å². The second-order valence-electron chi connectivity index (χ2n) is 3.96. The molecule has 0 aromatic heterocycles. The molecule has 0 bridgehead atoms. The van der Waals surface area contributed by atoms with Crippen molar-refractivity contribution in [2.75, 3.05) is 12.4 Å². The van der Waals surface area contributed by atoms with Crippen LogP contribution in [0, 0.1) is 0 Å². The minimum absolute atomic E-state index is 0.105. The van der Waals surface area contributed by atoms with Crippen molar-refractivity contribution < 1.29 is 14.6 Å². The van der Waals surface area contributed by atoms with Gasteiger partial charge in [0.05, 0.1) is 23.4 Å². The molecule has 0 radical (unpaired) electrons. The molecular formula is C14H11Cl2NO3. The van der Waals surface area contributed by atoms with Gasteiger partial charge in [0.25, 0.3) is 5.91 Å². The monoisotopic (exact) mass is 311 g/mol. The second kappa shape index (κ2) is 6.03. The Balaban J connectivity index is 2.27. The molecular weight excluding hydrogens is 301 g/mol. The fourth-order valence-corrected chi connectivity index (χ4v) is 1.94. The molecule has 2 aromatic carbocycles. The maximum Gasteiger partial charge on any atom is 0.259 e. The highest BCUT2D eigenvalue weighted by Gasteiger charge is 2.13. The van der Waals surface area contributed by atoms with Crippen LogP contribution in [0.25, 0.3) is 0 Å². The van der Waals surface area contributed by atoms with Crippen molar-refractivity contribution in [1.82, 2.24) is 0 Å². The van der Waals surface area contributed by atoms with E-state index in [1.807, 2.05) is 0 Å². The maximum absolute atomic E-state index is 12.1. The molecule has 1 amide bonds. The van der Waals surface area contributed by atoms with E-state index >= 15 is 0 Å². The molecule has 4 nitrogen and oxygen atoms in total. The Labute approximate surface area is 125 Å². The molecule has 0 spiro atoms. The van der Waals surface area contributed by atoms with E-state index in [0.717, 1.165) is 0 Å². The van der Waals surface area contributed by atoms with Crippen molar-refractivity contribution in [3.8, 4) is 11.5 Å². The first-order chi connectivity index (χ1) is 9.51. The van der Waals surface area contributed by atoms with E-state index in [-0.39, 0.29) is 11.3 Å². The highest BCUT2D eigenvalue weighted by Crippen LogP contribution is 2.28. The Kier molecular flexibility index (Phi) is 4.37. The van der Waals surface area contributed by atoms with Gasteiger partial charge in [-0.3, -0.25) is 4.79 Å². The fourth-order valence-electron chi connectivity index (χ4n) is 1.61. The first-order valence-corrected chi connectivity index (χ1v) is 6.40. The molecule has 0 atom stereocenters. The smallest absolute Gasteiger partial charge is 0.259 e. The number of aromatic hydroxyl groups is 1. The predicted molar refractivity (Wildman–Crippen MR) is 79.1 cm³/mol. The van der Waals surface area contributed by atoms with E-state index in [4.69, 9.17) is 27.9 Å². The van der Waals surface area contributed by atoms with Gasteiger partial charge < -0.3 is 15.2 Å². The normalized spacial score (nSPS) is 10.2. The van der Waals surface area contributed by atoms with Gasteiger partial charge in [-0.05, 0) is 30.3 Å². The summed E-state index contributed by atoms with van der Waals surface area (Å²) in [5.74, 6) is -0.131. The van der Waals surface area contributed by atoms with E-state index < -0.39 is 5.91 Å². The summed E-state index contributed by atoms with van der Waals surface area (Å²) in [5, 5.41) is 13.0. The van der Waals surface area contributed by atoms with E-state index in [1.54, 1.807) is 18.2 Å². The Hall–Kier alpha value is -1.91. The SMILES string of the molecule is COc1ccc(Cl)c(NC(=O)c2ccc(Cl)cc2O)c1. The Morgan fingerprint density at radius 1 is 1.20 bits per heavy atom. The highest BCUT2D eigenvalue weighted by atomic mass is 35.5. The number of phenols is 1. The van der Waals surface area contributed by atoms with Gasteiger partial charge in [0.1, 0.15) is 11.5 Å². The molecule has 0 heterocycles. The average Bonchev–Trinajstić information content (AvgIpc) is 2.41. The quantitative estimate of drug-likeness (QED) is 0.902. The lowest BCUT2D eigenvalue weighted by molar-refractivity contribution is 0.102. The van der Waals surface area contributed by atoms with E-state index in [0.29, 0.717) is 21.5 Å². The second-order valence-corrected chi connectivity index (χ2v) is 4.81. The molecule has 2 N–H and O–H groups in total. The molecule has 0 saturated carbocycles. The molecule has 0 saturated heterocycles. The number of anilines is 1. The zero-order valence-electron chi connectivity index (χ0n) is 10.5. The Morgan fingerprint density at radius 3 is 2.60 bits per heavy atom. The molecule has 0 aliphatic carbocycles. The standard InChI is InChI=1S/C14H11Cl2NO3/c1-20-9-3-5-11(16)12(7-9)17-14(19)10-4-2-8(15)6-13(10)18/h2-7,18H,1H3,(H,17,19). The maximum atomic E-state index is 12.1. The van der Waals surface area contributed by atoms with Crippen LogP contribution in [-0.4, -0.2) is 18.1 Å². The van der Waals surface area contributed by atoms with Gasteiger partial charge in [0.2, 0.25) is 0 Å². The van der Waals surface area contributed by atoms with Gasteiger partial charge >= 0.3 is 0 Å². The number of benzene rings is 2. The lowest BCUT2D eigenvalue weighted by atomic mass is 10.2. The number of methoxy groups -OCH3 is 1. The van der Waals surface area contributed by atoms with Crippen LogP contribution in [0.2, 0.25) is 10.0 Å². The lowest BCUT2D eigenvalue weighted by Gasteiger charge is -2.10. The highest BCUT2D eigenvalue weighted by molar-refractivity contribution is 6.34. The summed E-state index contributed by atoms with van der Waals surface area (Å²) in [6.07, 6.45) is 0. The number of nitrogens with one attached hydrogen (secondary N) is 1. The minimum Gasteiger partial charge on any atom is -0.507 e. The van der Waals surface area contributed by atoms with Crippen LogP contribution >= 0.6 is 23.2 Å². The first-order valence-electron chi connectivity index (χ1n) is 5.64. The molecule has 0 aliphatic heterocycles. The minimum atomic E-state index is -0.491. The third-order valence-electron chi connectivity index (χ3n) is 2.63. The zero-order chi connectivity index (χ0) is 14.7. The number of carbonyl (C=O) groups excluding carboxylic acids is 1. The van der Waals surface area contributed by atoms with E-state index in [1.165, 1.54) is 25.3 Å². The van der Waals surface area contributed by atoms with Crippen LogP contribution in [0.5, 0.6) is 11.5 Å². The third kappa shape index (κ3) is 3.15. The molecule has 0 fully saturated rings. The molecule has 20 heavy (non-hydrogen) atoms. The topological polar surface area (TPSA) is 58.6 Å². The molecule has 0 aliphatic rings. The van der Waals surface area contributed by atoms with E-state index in [2.05, 4.69) is 5.32 Å². The van der Waals surface area contributed by atoms with Crippen molar-refractivity contribution in [2.24, 2.45) is 0 Å². The number of amides is 1. The zero-order valence-corrected chi connectivity index (χ0v) is 12.0.